The molecular formula is C15H25NO2. The van der Waals surface area contributed by atoms with Crippen molar-refractivity contribution in [3.63, 3.8) is 0 Å². The van der Waals surface area contributed by atoms with Crippen molar-refractivity contribution in [1.82, 2.24) is 5.32 Å². The standard InChI is InChI=1S/C15H25NO2/c1-3-18-15(9-5-4-6-10-15)14(16-2)12-13-8-7-11-17-13/h7-8,11,14,16H,3-6,9-10,12H2,1-2H3. The monoisotopic (exact) mass is 251 g/mol. The molecule has 1 N–H and O–H groups in total. The molecule has 0 bridgehead atoms. The Kier molecular flexibility index (Phi) is 4.84. The van der Waals surface area contributed by atoms with Gasteiger partial charge in [-0.15, -0.1) is 0 Å². The zero-order valence-corrected chi connectivity index (χ0v) is 11.6. The number of hydrogen-bond acceptors (Lipinski definition) is 3. The number of rotatable bonds is 6. The maximum absolute atomic E-state index is 6.17. The molecule has 0 amide bonds. The van der Waals surface area contributed by atoms with Crippen molar-refractivity contribution in [2.75, 3.05) is 13.7 Å². The average Bonchev–Trinajstić information content (AvgIpc) is 2.90. The molecule has 1 unspecified atom stereocenters. The molecule has 0 aliphatic heterocycles. The molecule has 0 saturated heterocycles. The van der Waals surface area contributed by atoms with Crippen LogP contribution in [-0.4, -0.2) is 25.3 Å². The van der Waals surface area contributed by atoms with Crippen molar-refractivity contribution in [3.05, 3.63) is 24.2 Å². The van der Waals surface area contributed by atoms with Gasteiger partial charge in [-0.2, -0.15) is 0 Å². The fraction of sp³-hybridized carbons (Fsp3) is 0.733. The summed E-state index contributed by atoms with van der Waals surface area (Å²) in [5.74, 6) is 1.04. The van der Waals surface area contributed by atoms with E-state index in [9.17, 15) is 0 Å². The molecule has 1 heterocycles. The van der Waals surface area contributed by atoms with Gasteiger partial charge in [0.25, 0.3) is 0 Å². The number of furan rings is 1. The van der Waals surface area contributed by atoms with Crippen molar-refractivity contribution in [3.8, 4) is 0 Å². The van der Waals surface area contributed by atoms with Crippen LogP contribution >= 0.6 is 0 Å². The Balaban J connectivity index is 2.10. The van der Waals surface area contributed by atoms with Gasteiger partial charge in [-0.1, -0.05) is 19.3 Å². The van der Waals surface area contributed by atoms with Crippen LogP contribution in [0.2, 0.25) is 0 Å². The lowest BCUT2D eigenvalue weighted by Crippen LogP contribution is -2.53. The summed E-state index contributed by atoms with van der Waals surface area (Å²) in [6.45, 7) is 2.88. The number of likely N-dealkylation sites (N-methyl/N-ethyl adjacent to an activating group) is 1. The fourth-order valence-electron chi connectivity index (χ4n) is 3.21. The Hall–Kier alpha value is -0.800. The summed E-state index contributed by atoms with van der Waals surface area (Å²) in [7, 11) is 2.03. The lowest BCUT2D eigenvalue weighted by Gasteiger charge is -2.43. The normalized spacial score (nSPS) is 20.8. The number of hydrogen-bond donors (Lipinski definition) is 1. The van der Waals surface area contributed by atoms with Crippen LogP contribution in [0.4, 0.5) is 0 Å². The van der Waals surface area contributed by atoms with Gasteiger partial charge in [0, 0.05) is 19.1 Å². The van der Waals surface area contributed by atoms with Gasteiger partial charge in [0.1, 0.15) is 5.76 Å². The Morgan fingerprint density at radius 2 is 2.17 bits per heavy atom. The first-order valence-electron chi connectivity index (χ1n) is 7.14. The summed E-state index contributed by atoms with van der Waals surface area (Å²) in [5.41, 5.74) is -0.00542. The summed E-state index contributed by atoms with van der Waals surface area (Å²) in [6, 6.07) is 4.34. The van der Waals surface area contributed by atoms with E-state index >= 15 is 0 Å². The van der Waals surface area contributed by atoms with Crippen LogP contribution in [0.25, 0.3) is 0 Å². The summed E-state index contributed by atoms with van der Waals surface area (Å²) in [6.07, 6.45) is 8.86. The highest BCUT2D eigenvalue weighted by atomic mass is 16.5. The van der Waals surface area contributed by atoms with Crippen molar-refractivity contribution >= 4 is 0 Å². The molecule has 0 spiro atoms. The predicted octanol–water partition coefficient (Wildman–Crippen LogP) is 3.15. The van der Waals surface area contributed by atoms with Gasteiger partial charge in [-0.05, 0) is 38.9 Å². The SMILES string of the molecule is CCOC1(C(Cc2ccco2)NC)CCCCC1. The third-order valence-corrected chi connectivity index (χ3v) is 4.10. The first kappa shape index (κ1) is 13.6. The average molecular weight is 251 g/mol. The first-order valence-corrected chi connectivity index (χ1v) is 7.14. The molecule has 2 rings (SSSR count). The van der Waals surface area contributed by atoms with E-state index in [1.165, 1.54) is 19.3 Å². The summed E-state index contributed by atoms with van der Waals surface area (Å²) in [4.78, 5) is 0. The molecule has 102 valence electrons. The number of nitrogens with one attached hydrogen (secondary N) is 1. The van der Waals surface area contributed by atoms with Crippen LogP contribution in [-0.2, 0) is 11.2 Å². The van der Waals surface area contributed by atoms with Crippen LogP contribution in [0.5, 0.6) is 0 Å². The van der Waals surface area contributed by atoms with E-state index in [2.05, 4.69) is 12.2 Å². The van der Waals surface area contributed by atoms with Crippen LogP contribution in [0, 0.1) is 0 Å². The van der Waals surface area contributed by atoms with Gasteiger partial charge in [0.15, 0.2) is 0 Å². The van der Waals surface area contributed by atoms with Crippen molar-refractivity contribution < 1.29 is 9.15 Å². The predicted molar refractivity (Wildman–Crippen MR) is 72.7 cm³/mol. The van der Waals surface area contributed by atoms with Gasteiger partial charge >= 0.3 is 0 Å². The minimum atomic E-state index is -0.00542. The van der Waals surface area contributed by atoms with Crippen molar-refractivity contribution in [2.45, 2.75) is 57.1 Å². The molecule has 18 heavy (non-hydrogen) atoms. The second-order valence-electron chi connectivity index (χ2n) is 5.18. The Bertz CT molecular complexity index is 323. The van der Waals surface area contributed by atoms with Crippen LogP contribution in [0.1, 0.15) is 44.8 Å². The molecule has 1 aromatic rings. The maximum atomic E-state index is 6.17. The Morgan fingerprint density at radius 1 is 1.39 bits per heavy atom. The zero-order chi connectivity index (χ0) is 12.8. The van der Waals surface area contributed by atoms with Gasteiger partial charge < -0.3 is 14.5 Å². The molecular weight excluding hydrogens is 226 g/mol. The molecule has 1 aliphatic carbocycles. The van der Waals surface area contributed by atoms with Crippen molar-refractivity contribution in [1.29, 1.82) is 0 Å². The summed E-state index contributed by atoms with van der Waals surface area (Å²) < 4.78 is 11.7. The van der Waals surface area contributed by atoms with E-state index in [0.29, 0.717) is 6.04 Å². The topological polar surface area (TPSA) is 34.4 Å². The zero-order valence-electron chi connectivity index (χ0n) is 11.6. The van der Waals surface area contributed by atoms with Crippen LogP contribution in [0.3, 0.4) is 0 Å². The van der Waals surface area contributed by atoms with Crippen molar-refractivity contribution in [2.24, 2.45) is 0 Å². The van der Waals surface area contributed by atoms with E-state index in [4.69, 9.17) is 9.15 Å². The highest BCUT2D eigenvalue weighted by molar-refractivity contribution is 5.05. The summed E-state index contributed by atoms with van der Waals surface area (Å²) in [5, 5.41) is 3.45. The molecule has 1 aromatic heterocycles. The molecule has 1 saturated carbocycles. The largest absolute Gasteiger partial charge is 0.469 e. The molecule has 3 heteroatoms. The van der Waals surface area contributed by atoms with Crippen LogP contribution in [0.15, 0.2) is 22.8 Å². The third kappa shape index (κ3) is 2.96. The van der Waals surface area contributed by atoms with E-state index in [1.807, 2.05) is 19.2 Å². The highest BCUT2D eigenvalue weighted by Gasteiger charge is 2.40. The molecule has 3 nitrogen and oxygen atoms in total. The van der Waals surface area contributed by atoms with Gasteiger partial charge in [0.05, 0.1) is 11.9 Å². The first-order chi connectivity index (χ1) is 8.80. The number of ether oxygens (including phenoxy) is 1. The smallest absolute Gasteiger partial charge is 0.105 e. The van der Waals surface area contributed by atoms with E-state index in [1.54, 1.807) is 6.26 Å². The molecule has 1 aliphatic rings. The Morgan fingerprint density at radius 3 is 2.72 bits per heavy atom. The molecule has 1 atom stereocenters. The molecule has 0 aromatic carbocycles. The minimum absolute atomic E-state index is 0.00542. The van der Waals surface area contributed by atoms with Gasteiger partial charge in [-0.3, -0.25) is 0 Å². The lowest BCUT2D eigenvalue weighted by atomic mass is 9.77. The second-order valence-corrected chi connectivity index (χ2v) is 5.18. The van der Waals surface area contributed by atoms with Gasteiger partial charge in [-0.25, -0.2) is 0 Å². The Labute approximate surface area is 110 Å². The lowest BCUT2D eigenvalue weighted by molar-refractivity contribution is -0.0891. The second kappa shape index (κ2) is 6.39. The fourth-order valence-corrected chi connectivity index (χ4v) is 3.21. The maximum Gasteiger partial charge on any atom is 0.105 e. The highest BCUT2D eigenvalue weighted by Crippen LogP contribution is 2.35. The van der Waals surface area contributed by atoms with Crippen LogP contribution < -0.4 is 5.32 Å². The molecule has 0 radical (unpaired) electrons. The summed E-state index contributed by atoms with van der Waals surface area (Å²) >= 11 is 0. The molecule has 1 fully saturated rings. The minimum Gasteiger partial charge on any atom is -0.469 e. The van der Waals surface area contributed by atoms with E-state index < -0.39 is 0 Å². The van der Waals surface area contributed by atoms with E-state index in [-0.39, 0.29) is 5.60 Å². The quantitative estimate of drug-likeness (QED) is 0.843. The third-order valence-electron chi connectivity index (χ3n) is 4.10. The van der Waals surface area contributed by atoms with E-state index in [0.717, 1.165) is 31.6 Å². The van der Waals surface area contributed by atoms with Gasteiger partial charge in [0.2, 0.25) is 0 Å².